The van der Waals surface area contributed by atoms with Crippen LogP contribution < -0.4 is 5.73 Å². The summed E-state index contributed by atoms with van der Waals surface area (Å²) in [5.74, 6) is 0. The molecule has 1 saturated heterocycles. The van der Waals surface area contributed by atoms with Crippen molar-refractivity contribution >= 4 is 0 Å². The van der Waals surface area contributed by atoms with Crippen molar-refractivity contribution in [3.05, 3.63) is 0 Å². The summed E-state index contributed by atoms with van der Waals surface area (Å²) >= 11 is 0. The molecular formula is C5H11NO2. The molecule has 3 nitrogen and oxygen atoms in total. The molecule has 48 valence electrons. The van der Waals surface area contributed by atoms with Crippen LogP contribution in [0.4, 0.5) is 0 Å². The first kappa shape index (κ1) is 6.01. The molecule has 0 radical (unpaired) electrons. The Kier molecular flexibility index (Phi) is 1.51. The van der Waals surface area contributed by atoms with Crippen molar-refractivity contribution in [2.75, 3.05) is 19.8 Å². The molecule has 0 aromatic rings. The molecule has 3 heteroatoms. The monoisotopic (exact) mass is 117 g/mol. The summed E-state index contributed by atoms with van der Waals surface area (Å²) in [6.45, 7) is 1.23. The lowest BCUT2D eigenvalue weighted by Gasteiger charge is -2.16. The maximum atomic E-state index is 8.62. The Labute approximate surface area is 48.4 Å². The Balaban J connectivity index is 2.40. The molecule has 1 fully saturated rings. The zero-order valence-corrected chi connectivity index (χ0v) is 4.76. The fourth-order valence-electron chi connectivity index (χ4n) is 0.748. The van der Waals surface area contributed by atoms with Crippen molar-refractivity contribution in [3.8, 4) is 0 Å². The number of hydrogen-bond acceptors (Lipinski definition) is 3. The third-order valence-electron chi connectivity index (χ3n) is 1.45. The number of ether oxygens (including phenoxy) is 1. The summed E-state index contributed by atoms with van der Waals surface area (Å²) in [5, 5.41) is 8.62. The number of nitrogens with two attached hydrogens (primary N) is 1. The minimum Gasteiger partial charge on any atom is -0.394 e. The highest BCUT2D eigenvalue weighted by Crippen LogP contribution is 2.13. The van der Waals surface area contributed by atoms with Gasteiger partial charge in [0.15, 0.2) is 0 Å². The third-order valence-corrected chi connectivity index (χ3v) is 1.45. The van der Waals surface area contributed by atoms with Crippen LogP contribution in [-0.4, -0.2) is 30.5 Å². The zero-order chi connectivity index (χ0) is 6.04. The summed E-state index contributed by atoms with van der Waals surface area (Å²) in [6.07, 6.45) is 0.781. The highest BCUT2D eigenvalue weighted by Gasteiger charge is 2.28. The van der Waals surface area contributed by atoms with Crippen LogP contribution in [0.5, 0.6) is 0 Å². The Morgan fingerprint density at radius 2 is 2.50 bits per heavy atom. The third kappa shape index (κ3) is 0.992. The molecule has 3 N–H and O–H groups in total. The van der Waals surface area contributed by atoms with Crippen LogP contribution in [0.1, 0.15) is 6.42 Å². The maximum absolute atomic E-state index is 8.62. The lowest BCUT2D eigenvalue weighted by molar-refractivity contribution is 0.143. The van der Waals surface area contributed by atoms with E-state index in [9.17, 15) is 0 Å². The predicted molar refractivity (Wildman–Crippen MR) is 29.4 cm³/mol. The average molecular weight is 117 g/mol. The van der Waals surface area contributed by atoms with Crippen LogP contribution in [-0.2, 0) is 4.74 Å². The molecule has 0 spiro atoms. The molecule has 0 aliphatic carbocycles. The summed E-state index contributed by atoms with van der Waals surface area (Å²) in [6, 6.07) is 0. The van der Waals surface area contributed by atoms with Gasteiger partial charge >= 0.3 is 0 Å². The Hall–Kier alpha value is -0.120. The first-order valence-electron chi connectivity index (χ1n) is 2.74. The first-order valence-corrected chi connectivity index (χ1v) is 2.74. The van der Waals surface area contributed by atoms with E-state index < -0.39 is 5.54 Å². The topological polar surface area (TPSA) is 55.5 Å². The van der Waals surface area contributed by atoms with E-state index in [0.29, 0.717) is 13.2 Å². The van der Waals surface area contributed by atoms with Crippen LogP contribution >= 0.6 is 0 Å². The van der Waals surface area contributed by atoms with E-state index in [2.05, 4.69) is 0 Å². The van der Waals surface area contributed by atoms with Crippen LogP contribution in [0.25, 0.3) is 0 Å². The maximum Gasteiger partial charge on any atom is 0.0669 e. The minimum atomic E-state index is -0.431. The van der Waals surface area contributed by atoms with Gasteiger partial charge in [-0.2, -0.15) is 0 Å². The summed E-state index contributed by atoms with van der Waals surface area (Å²) in [4.78, 5) is 0. The molecule has 0 saturated carbocycles. The van der Waals surface area contributed by atoms with Gasteiger partial charge in [0.25, 0.3) is 0 Å². The van der Waals surface area contributed by atoms with Crippen molar-refractivity contribution < 1.29 is 9.84 Å². The number of aliphatic hydroxyl groups excluding tert-OH is 1. The summed E-state index contributed by atoms with van der Waals surface area (Å²) < 4.78 is 4.97. The molecule has 1 aliphatic heterocycles. The van der Waals surface area contributed by atoms with Gasteiger partial charge in [-0.25, -0.2) is 0 Å². The Morgan fingerprint density at radius 3 is 2.75 bits per heavy atom. The predicted octanol–water partition coefficient (Wildman–Crippen LogP) is -0.904. The second kappa shape index (κ2) is 2.01. The lowest BCUT2D eigenvalue weighted by Crippen LogP contribution is -2.43. The highest BCUT2D eigenvalue weighted by molar-refractivity contribution is 4.86. The van der Waals surface area contributed by atoms with Gasteiger partial charge in [0.2, 0.25) is 0 Å². The van der Waals surface area contributed by atoms with E-state index in [0.717, 1.165) is 6.42 Å². The van der Waals surface area contributed by atoms with Crippen LogP contribution in [0, 0.1) is 0 Å². The average Bonchev–Trinajstić information content (AvgIpc) is 2.17. The van der Waals surface area contributed by atoms with Gasteiger partial charge in [-0.15, -0.1) is 0 Å². The van der Waals surface area contributed by atoms with E-state index >= 15 is 0 Å². The molecule has 0 bridgehead atoms. The Morgan fingerprint density at radius 1 is 1.75 bits per heavy atom. The normalized spacial score (nSPS) is 38.2. The SMILES string of the molecule is N[C@@]1(CO)CCOC1. The quantitative estimate of drug-likeness (QED) is 0.468. The molecule has 1 rings (SSSR count). The molecule has 0 aromatic heterocycles. The van der Waals surface area contributed by atoms with Gasteiger partial charge in [-0.05, 0) is 6.42 Å². The van der Waals surface area contributed by atoms with Crippen LogP contribution in [0.3, 0.4) is 0 Å². The zero-order valence-electron chi connectivity index (χ0n) is 4.76. The fraction of sp³-hybridized carbons (Fsp3) is 1.00. The summed E-state index contributed by atoms with van der Waals surface area (Å²) in [5.41, 5.74) is 5.15. The van der Waals surface area contributed by atoms with E-state index in [1.54, 1.807) is 0 Å². The minimum absolute atomic E-state index is 0.0347. The molecule has 0 amide bonds. The van der Waals surface area contributed by atoms with Crippen LogP contribution in [0.15, 0.2) is 0 Å². The van der Waals surface area contributed by atoms with Crippen molar-refractivity contribution in [2.45, 2.75) is 12.0 Å². The number of hydrogen-bond donors (Lipinski definition) is 2. The second-order valence-corrected chi connectivity index (χ2v) is 2.32. The van der Waals surface area contributed by atoms with Gasteiger partial charge in [0, 0.05) is 6.61 Å². The van der Waals surface area contributed by atoms with Gasteiger partial charge in [-0.1, -0.05) is 0 Å². The van der Waals surface area contributed by atoms with Crippen molar-refractivity contribution in [1.82, 2.24) is 0 Å². The lowest BCUT2D eigenvalue weighted by atomic mass is 10.0. The largest absolute Gasteiger partial charge is 0.394 e. The van der Waals surface area contributed by atoms with Crippen molar-refractivity contribution in [2.24, 2.45) is 5.73 Å². The van der Waals surface area contributed by atoms with E-state index in [1.807, 2.05) is 0 Å². The fourth-order valence-corrected chi connectivity index (χ4v) is 0.748. The molecule has 1 heterocycles. The molecule has 1 atom stereocenters. The van der Waals surface area contributed by atoms with Crippen molar-refractivity contribution in [3.63, 3.8) is 0 Å². The van der Waals surface area contributed by atoms with Crippen molar-refractivity contribution in [1.29, 1.82) is 0 Å². The number of rotatable bonds is 1. The molecule has 1 aliphatic rings. The molecule has 8 heavy (non-hydrogen) atoms. The molecule has 0 unspecified atom stereocenters. The first-order chi connectivity index (χ1) is 3.77. The van der Waals surface area contributed by atoms with E-state index in [-0.39, 0.29) is 6.61 Å². The van der Waals surface area contributed by atoms with Crippen LogP contribution in [0.2, 0.25) is 0 Å². The molecule has 0 aromatic carbocycles. The molecular weight excluding hydrogens is 106 g/mol. The smallest absolute Gasteiger partial charge is 0.0669 e. The van der Waals surface area contributed by atoms with Gasteiger partial charge < -0.3 is 15.6 Å². The standard InChI is InChI=1S/C5H11NO2/c6-5(3-7)1-2-8-4-5/h7H,1-4,6H2/t5-/m1/s1. The van der Waals surface area contributed by atoms with E-state index in [4.69, 9.17) is 15.6 Å². The van der Waals surface area contributed by atoms with Gasteiger partial charge in [0.1, 0.15) is 0 Å². The summed E-state index contributed by atoms with van der Waals surface area (Å²) in [7, 11) is 0. The van der Waals surface area contributed by atoms with Gasteiger partial charge in [0.05, 0.1) is 18.8 Å². The number of aliphatic hydroxyl groups is 1. The second-order valence-electron chi connectivity index (χ2n) is 2.32. The Bertz CT molecular complexity index is 78.5. The highest BCUT2D eigenvalue weighted by atomic mass is 16.5. The van der Waals surface area contributed by atoms with Gasteiger partial charge in [-0.3, -0.25) is 0 Å². The van der Waals surface area contributed by atoms with E-state index in [1.165, 1.54) is 0 Å².